The molecule has 0 aliphatic rings. The first-order chi connectivity index (χ1) is 10.0. The van der Waals surface area contributed by atoms with Crippen molar-refractivity contribution in [2.45, 2.75) is 20.0 Å². The lowest BCUT2D eigenvalue weighted by molar-refractivity contribution is 0.462. The van der Waals surface area contributed by atoms with Gasteiger partial charge in [-0.25, -0.2) is 0 Å². The molecular formula is C15H22ClIN4S. The van der Waals surface area contributed by atoms with E-state index in [0.29, 0.717) is 0 Å². The number of guanidine groups is 1. The largest absolute Gasteiger partial charge is 0.351 e. The number of thiophene rings is 1. The van der Waals surface area contributed by atoms with Gasteiger partial charge in [-0.1, -0.05) is 11.6 Å². The van der Waals surface area contributed by atoms with Crippen LogP contribution in [0, 0.1) is 6.92 Å². The predicted octanol–water partition coefficient (Wildman–Crippen LogP) is 3.87. The fourth-order valence-electron chi connectivity index (χ4n) is 2.17. The molecule has 2 aromatic rings. The van der Waals surface area contributed by atoms with Crippen LogP contribution in [0.4, 0.5) is 0 Å². The molecule has 22 heavy (non-hydrogen) atoms. The van der Waals surface area contributed by atoms with Crippen molar-refractivity contribution < 1.29 is 0 Å². The molecule has 2 aromatic heterocycles. The van der Waals surface area contributed by atoms with Gasteiger partial charge < -0.3 is 14.8 Å². The fraction of sp³-hybridized carbons (Fsp3) is 0.400. The van der Waals surface area contributed by atoms with Crippen LogP contribution < -0.4 is 5.32 Å². The summed E-state index contributed by atoms with van der Waals surface area (Å²) in [6.07, 6.45) is 1.91. The molecule has 0 amide bonds. The average molecular weight is 453 g/mol. The normalized spacial score (nSPS) is 11.2. The maximum absolute atomic E-state index is 6.02. The second-order valence-corrected chi connectivity index (χ2v) is 6.48. The highest BCUT2D eigenvalue weighted by molar-refractivity contribution is 14.0. The summed E-state index contributed by atoms with van der Waals surface area (Å²) in [4.78, 5) is 7.77. The molecule has 0 unspecified atom stereocenters. The first-order valence-electron chi connectivity index (χ1n) is 6.76. The number of nitrogens with zero attached hydrogens (tertiary/aromatic N) is 3. The molecule has 0 bridgehead atoms. The molecule has 0 aliphatic carbocycles. The van der Waals surface area contributed by atoms with Crippen LogP contribution in [-0.4, -0.2) is 29.5 Å². The minimum absolute atomic E-state index is 0. The molecule has 2 heterocycles. The Kier molecular flexibility index (Phi) is 7.71. The van der Waals surface area contributed by atoms with E-state index in [2.05, 4.69) is 33.6 Å². The van der Waals surface area contributed by atoms with Crippen molar-refractivity contribution in [1.29, 1.82) is 0 Å². The topological polar surface area (TPSA) is 32.6 Å². The molecule has 122 valence electrons. The number of rotatable bonds is 4. The van der Waals surface area contributed by atoms with E-state index in [4.69, 9.17) is 11.6 Å². The molecule has 0 radical (unpaired) electrons. The van der Waals surface area contributed by atoms with Gasteiger partial charge in [0, 0.05) is 37.9 Å². The third-order valence-corrected chi connectivity index (χ3v) is 4.65. The van der Waals surface area contributed by atoms with Crippen LogP contribution in [0.1, 0.15) is 16.1 Å². The van der Waals surface area contributed by atoms with E-state index in [0.717, 1.165) is 29.8 Å². The number of nitrogens with one attached hydrogen (secondary N) is 1. The van der Waals surface area contributed by atoms with E-state index in [1.54, 1.807) is 18.4 Å². The average Bonchev–Trinajstić information content (AvgIpc) is 2.97. The van der Waals surface area contributed by atoms with Crippen LogP contribution in [0.15, 0.2) is 28.7 Å². The zero-order valence-electron chi connectivity index (χ0n) is 13.3. The number of hydrogen-bond acceptors (Lipinski definition) is 2. The Morgan fingerprint density at radius 2 is 2.23 bits per heavy atom. The van der Waals surface area contributed by atoms with Crippen LogP contribution in [0.3, 0.4) is 0 Å². The van der Waals surface area contributed by atoms with Gasteiger partial charge in [0.1, 0.15) is 0 Å². The molecular weight excluding hydrogens is 431 g/mol. The summed E-state index contributed by atoms with van der Waals surface area (Å²) < 4.78 is 2.04. The van der Waals surface area contributed by atoms with Crippen LogP contribution in [0.2, 0.25) is 5.02 Å². The van der Waals surface area contributed by atoms with E-state index >= 15 is 0 Å². The Morgan fingerprint density at radius 1 is 1.50 bits per heavy atom. The SMILES string of the molecule is CN=C(NCc1sccc1C)N(C)Cc1cc(Cl)cn1C.I. The van der Waals surface area contributed by atoms with E-state index in [1.807, 2.05) is 30.9 Å². The van der Waals surface area contributed by atoms with Gasteiger partial charge in [-0.2, -0.15) is 0 Å². The Balaban J connectivity index is 0.00000242. The quantitative estimate of drug-likeness (QED) is 0.434. The molecule has 0 aromatic carbocycles. The lowest BCUT2D eigenvalue weighted by atomic mass is 10.3. The van der Waals surface area contributed by atoms with Crippen molar-refractivity contribution in [3.05, 3.63) is 44.9 Å². The molecule has 0 spiro atoms. The Bertz CT molecular complexity index is 635. The number of halogens is 2. The first-order valence-corrected chi connectivity index (χ1v) is 8.02. The third kappa shape index (κ3) is 4.89. The minimum Gasteiger partial charge on any atom is -0.351 e. The van der Waals surface area contributed by atoms with Gasteiger partial charge in [-0.15, -0.1) is 35.3 Å². The molecule has 2 rings (SSSR count). The molecule has 0 saturated carbocycles. The molecule has 0 saturated heterocycles. The highest BCUT2D eigenvalue weighted by Gasteiger charge is 2.10. The number of aromatic nitrogens is 1. The van der Waals surface area contributed by atoms with Crippen molar-refractivity contribution in [2.24, 2.45) is 12.0 Å². The van der Waals surface area contributed by atoms with Gasteiger partial charge in [0.15, 0.2) is 5.96 Å². The Morgan fingerprint density at radius 3 is 2.73 bits per heavy atom. The van der Waals surface area contributed by atoms with Gasteiger partial charge in [0.05, 0.1) is 18.1 Å². The third-order valence-electron chi connectivity index (χ3n) is 3.42. The fourth-order valence-corrected chi connectivity index (χ4v) is 3.29. The second-order valence-electron chi connectivity index (χ2n) is 5.04. The van der Waals surface area contributed by atoms with E-state index in [9.17, 15) is 0 Å². The second kappa shape index (κ2) is 8.79. The monoisotopic (exact) mass is 452 g/mol. The van der Waals surface area contributed by atoms with Crippen molar-refractivity contribution in [2.75, 3.05) is 14.1 Å². The maximum atomic E-state index is 6.02. The smallest absolute Gasteiger partial charge is 0.194 e. The van der Waals surface area contributed by atoms with Crippen LogP contribution >= 0.6 is 46.9 Å². The summed E-state index contributed by atoms with van der Waals surface area (Å²) in [5.74, 6) is 0.875. The van der Waals surface area contributed by atoms with E-state index in [1.165, 1.54) is 10.4 Å². The molecule has 0 atom stereocenters. The number of hydrogen-bond donors (Lipinski definition) is 1. The highest BCUT2D eigenvalue weighted by atomic mass is 127. The number of aryl methyl sites for hydroxylation is 2. The van der Waals surface area contributed by atoms with Crippen molar-refractivity contribution in [3.63, 3.8) is 0 Å². The molecule has 0 aliphatic heterocycles. The van der Waals surface area contributed by atoms with Crippen LogP contribution in [0.5, 0.6) is 0 Å². The van der Waals surface area contributed by atoms with Gasteiger partial charge in [-0.05, 0) is 30.0 Å². The van der Waals surface area contributed by atoms with Gasteiger partial charge >= 0.3 is 0 Å². The Hall–Kier alpha value is -0.730. The minimum atomic E-state index is 0. The summed E-state index contributed by atoms with van der Waals surface area (Å²) in [5.41, 5.74) is 2.47. The summed E-state index contributed by atoms with van der Waals surface area (Å²) >= 11 is 7.79. The van der Waals surface area contributed by atoms with Crippen molar-refractivity contribution in [3.8, 4) is 0 Å². The summed E-state index contributed by atoms with van der Waals surface area (Å²) in [6, 6.07) is 4.12. The van der Waals surface area contributed by atoms with Crippen LogP contribution in [-0.2, 0) is 20.1 Å². The van der Waals surface area contributed by atoms with E-state index in [-0.39, 0.29) is 24.0 Å². The zero-order chi connectivity index (χ0) is 15.4. The lowest BCUT2D eigenvalue weighted by Gasteiger charge is -2.22. The van der Waals surface area contributed by atoms with E-state index < -0.39 is 0 Å². The summed E-state index contributed by atoms with van der Waals surface area (Å²) in [7, 11) is 5.83. The van der Waals surface area contributed by atoms with Crippen LogP contribution in [0.25, 0.3) is 0 Å². The maximum Gasteiger partial charge on any atom is 0.194 e. The summed E-state index contributed by atoms with van der Waals surface area (Å²) in [6.45, 7) is 3.69. The van der Waals surface area contributed by atoms with Gasteiger partial charge in [0.2, 0.25) is 0 Å². The molecule has 7 heteroatoms. The standard InChI is InChI=1S/C15H21ClN4S.HI/c1-11-5-6-21-14(11)8-18-15(17-2)20(4)10-13-7-12(16)9-19(13)3;/h5-7,9H,8,10H2,1-4H3,(H,17,18);1H. The number of aliphatic imine (C=N–C) groups is 1. The predicted molar refractivity (Wildman–Crippen MR) is 107 cm³/mol. The molecule has 0 fully saturated rings. The van der Waals surface area contributed by atoms with Gasteiger partial charge in [0.25, 0.3) is 0 Å². The van der Waals surface area contributed by atoms with Gasteiger partial charge in [-0.3, -0.25) is 4.99 Å². The first kappa shape index (κ1) is 19.3. The van der Waals surface area contributed by atoms with Crippen molar-refractivity contribution >= 4 is 52.9 Å². The molecule has 4 nitrogen and oxygen atoms in total. The zero-order valence-corrected chi connectivity index (χ0v) is 17.2. The van der Waals surface area contributed by atoms with Crippen molar-refractivity contribution in [1.82, 2.24) is 14.8 Å². The highest BCUT2D eigenvalue weighted by Crippen LogP contribution is 2.16. The summed E-state index contributed by atoms with van der Waals surface area (Å²) in [5, 5.41) is 6.28. The lowest BCUT2D eigenvalue weighted by Crippen LogP contribution is -2.38. The Labute approximate surface area is 158 Å². The molecule has 1 N–H and O–H groups in total.